The SMILES string of the molecule is CNC1(CN)CCC(C)(C)C1. The highest BCUT2D eigenvalue weighted by Crippen LogP contribution is 2.42. The minimum atomic E-state index is 0.240. The molecular weight excluding hydrogens is 136 g/mol. The summed E-state index contributed by atoms with van der Waals surface area (Å²) < 4.78 is 0. The quantitative estimate of drug-likeness (QED) is 0.628. The van der Waals surface area contributed by atoms with Gasteiger partial charge in [0.1, 0.15) is 0 Å². The molecule has 1 atom stereocenters. The third-order valence-corrected chi connectivity index (χ3v) is 3.02. The van der Waals surface area contributed by atoms with E-state index in [0.717, 1.165) is 6.54 Å². The van der Waals surface area contributed by atoms with Crippen LogP contribution in [0.3, 0.4) is 0 Å². The second-order valence-corrected chi connectivity index (χ2v) is 4.58. The first-order chi connectivity index (χ1) is 5.04. The average molecular weight is 156 g/mol. The van der Waals surface area contributed by atoms with Gasteiger partial charge >= 0.3 is 0 Å². The maximum Gasteiger partial charge on any atom is 0.0306 e. The molecule has 0 heterocycles. The summed E-state index contributed by atoms with van der Waals surface area (Å²) in [6.45, 7) is 5.41. The predicted octanol–water partition coefficient (Wildman–Crippen LogP) is 1.11. The number of nitrogens with one attached hydrogen (secondary N) is 1. The topological polar surface area (TPSA) is 38.0 Å². The standard InChI is InChI=1S/C9H20N2/c1-8(2)4-5-9(6-8,7-10)11-3/h11H,4-7,10H2,1-3H3. The van der Waals surface area contributed by atoms with Crippen LogP contribution in [0.2, 0.25) is 0 Å². The molecule has 2 nitrogen and oxygen atoms in total. The molecule has 0 bridgehead atoms. The fourth-order valence-electron chi connectivity index (χ4n) is 2.16. The van der Waals surface area contributed by atoms with Crippen LogP contribution < -0.4 is 11.1 Å². The molecule has 0 radical (unpaired) electrons. The van der Waals surface area contributed by atoms with Crippen LogP contribution in [0.1, 0.15) is 33.1 Å². The molecule has 1 aliphatic rings. The van der Waals surface area contributed by atoms with Crippen LogP contribution in [-0.4, -0.2) is 19.1 Å². The van der Waals surface area contributed by atoms with E-state index < -0.39 is 0 Å². The molecule has 1 aliphatic carbocycles. The van der Waals surface area contributed by atoms with Gasteiger partial charge in [0, 0.05) is 12.1 Å². The summed E-state index contributed by atoms with van der Waals surface area (Å²) in [5.41, 5.74) is 6.47. The summed E-state index contributed by atoms with van der Waals surface area (Å²) >= 11 is 0. The normalized spacial score (nSPS) is 36.0. The van der Waals surface area contributed by atoms with Gasteiger partial charge in [-0.15, -0.1) is 0 Å². The van der Waals surface area contributed by atoms with E-state index >= 15 is 0 Å². The smallest absolute Gasteiger partial charge is 0.0306 e. The zero-order chi connectivity index (χ0) is 8.54. The fraction of sp³-hybridized carbons (Fsp3) is 1.00. The van der Waals surface area contributed by atoms with Crippen LogP contribution in [0.4, 0.5) is 0 Å². The maximum absolute atomic E-state index is 5.74. The van der Waals surface area contributed by atoms with Crippen molar-refractivity contribution in [3.8, 4) is 0 Å². The van der Waals surface area contributed by atoms with Gasteiger partial charge < -0.3 is 11.1 Å². The number of hydrogen-bond donors (Lipinski definition) is 2. The van der Waals surface area contributed by atoms with E-state index in [-0.39, 0.29) is 5.54 Å². The van der Waals surface area contributed by atoms with E-state index in [2.05, 4.69) is 19.2 Å². The lowest BCUT2D eigenvalue weighted by molar-refractivity contribution is 0.306. The Morgan fingerprint density at radius 2 is 2.00 bits per heavy atom. The van der Waals surface area contributed by atoms with Crippen molar-refractivity contribution in [1.29, 1.82) is 0 Å². The van der Waals surface area contributed by atoms with Crippen LogP contribution in [0.15, 0.2) is 0 Å². The van der Waals surface area contributed by atoms with Crippen molar-refractivity contribution in [1.82, 2.24) is 5.32 Å². The van der Waals surface area contributed by atoms with Crippen LogP contribution in [0, 0.1) is 5.41 Å². The summed E-state index contributed by atoms with van der Waals surface area (Å²) in [5.74, 6) is 0. The van der Waals surface area contributed by atoms with Gasteiger partial charge in [-0.1, -0.05) is 13.8 Å². The highest BCUT2D eigenvalue weighted by atomic mass is 15.0. The minimum absolute atomic E-state index is 0.240. The Morgan fingerprint density at radius 3 is 2.18 bits per heavy atom. The molecule has 66 valence electrons. The summed E-state index contributed by atoms with van der Waals surface area (Å²) in [6.07, 6.45) is 3.74. The van der Waals surface area contributed by atoms with Gasteiger partial charge in [0.25, 0.3) is 0 Å². The Kier molecular flexibility index (Phi) is 2.26. The Labute approximate surface area is 69.5 Å². The highest BCUT2D eigenvalue weighted by molar-refractivity contribution is 4.99. The van der Waals surface area contributed by atoms with E-state index in [9.17, 15) is 0 Å². The van der Waals surface area contributed by atoms with Crippen molar-refractivity contribution in [2.45, 2.75) is 38.6 Å². The highest BCUT2D eigenvalue weighted by Gasteiger charge is 2.40. The lowest BCUT2D eigenvalue weighted by Gasteiger charge is -2.28. The number of nitrogens with two attached hydrogens (primary N) is 1. The molecule has 11 heavy (non-hydrogen) atoms. The van der Waals surface area contributed by atoms with Crippen molar-refractivity contribution in [3.05, 3.63) is 0 Å². The Bertz CT molecular complexity index is 136. The second kappa shape index (κ2) is 2.76. The van der Waals surface area contributed by atoms with E-state index in [0.29, 0.717) is 5.41 Å². The first kappa shape index (κ1) is 9.01. The zero-order valence-corrected chi connectivity index (χ0v) is 7.91. The molecule has 1 unspecified atom stereocenters. The van der Waals surface area contributed by atoms with Gasteiger partial charge in [0.2, 0.25) is 0 Å². The summed E-state index contributed by atoms with van der Waals surface area (Å²) in [6, 6.07) is 0. The van der Waals surface area contributed by atoms with Crippen molar-refractivity contribution in [3.63, 3.8) is 0 Å². The number of hydrogen-bond acceptors (Lipinski definition) is 2. The van der Waals surface area contributed by atoms with Gasteiger partial charge in [-0.2, -0.15) is 0 Å². The van der Waals surface area contributed by atoms with Crippen LogP contribution in [-0.2, 0) is 0 Å². The fourth-order valence-corrected chi connectivity index (χ4v) is 2.16. The van der Waals surface area contributed by atoms with Crippen LogP contribution in [0.25, 0.3) is 0 Å². The molecule has 1 rings (SSSR count). The van der Waals surface area contributed by atoms with E-state index in [4.69, 9.17) is 5.73 Å². The van der Waals surface area contributed by atoms with E-state index in [1.807, 2.05) is 7.05 Å². The second-order valence-electron chi connectivity index (χ2n) is 4.58. The molecule has 0 aromatic carbocycles. The third-order valence-electron chi connectivity index (χ3n) is 3.02. The van der Waals surface area contributed by atoms with Crippen LogP contribution in [0.5, 0.6) is 0 Å². The first-order valence-corrected chi connectivity index (χ1v) is 4.43. The third kappa shape index (κ3) is 1.74. The average Bonchev–Trinajstić information content (AvgIpc) is 2.28. The van der Waals surface area contributed by atoms with Gasteiger partial charge in [-0.05, 0) is 31.7 Å². The lowest BCUT2D eigenvalue weighted by Crippen LogP contribution is -2.47. The Hall–Kier alpha value is -0.0800. The van der Waals surface area contributed by atoms with E-state index in [1.54, 1.807) is 0 Å². The number of likely N-dealkylation sites (N-methyl/N-ethyl adjacent to an activating group) is 1. The molecule has 0 spiro atoms. The Balaban J connectivity index is 2.62. The molecule has 0 aromatic heterocycles. The van der Waals surface area contributed by atoms with Gasteiger partial charge in [0.05, 0.1) is 0 Å². The largest absolute Gasteiger partial charge is 0.329 e. The maximum atomic E-state index is 5.74. The zero-order valence-electron chi connectivity index (χ0n) is 7.91. The van der Waals surface area contributed by atoms with Crippen LogP contribution >= 0.6 is 0 Å². The predicted molar refractivity (Wildman–Crippen MR) is 48.5 cm³/mol. The van der Waals surface area contributed by atoms with Gasteiger partial charge in [0.15, 0.2) is 0 Å². The molecule has 1 saturated carbocycles. The van der Waals surface area contributed by atoms with Crippen molar-refractivity contribution in [2.24, 2.45) is 11.1 Å². The lowest BCUT2D eigenvalue weighted by atomic mass is 9.88. The summed E-state index contributed by atoms with van der Waals surface area (Å²) in [5, 5.41) is 3.36. The van der Waals surface area contributed by atoms with E-state index in [1.165, 1.54) is 19.3 Å². The van der Waals surface area contributed by atoms with Gasteiger partial charge in [-0.25, -0.2) is 0 Å². The van der Waals surface area contributed by atoms with Gasteiger partial charge in [-0.3, -0.25) is 0 Å². The molecule has 0 aromatic rings. The minimum Gasteiger partial charge on any atom is -0.329 e. The summed E-state index contributed by atoms with van der Waals surface area (Å²) in [4.78, 5) is 0. The molecule has 1 fully saturated rings. The molecule has 0 saturated heterocycles. The summed E-state index contributed by atoms with van der Waals surface area (Å²) in [7, 11) is 2.02. The van der Waals surface area contributed by atoms with Crippen molar-refractivity contribution in [2.75, 3.05) is 13.6 Å². The molecule has 0 amide bonds. The van der Waals surface area contributed by atoms with Crippen molar-refractivity contribution >= 4 is 0 Å². The molecule has 2 heteroatoms. The van der Waals surface area contributed by atoms with Crippen molar-refractivity contribution < 1.29 is 0 Å². The monoisotopic (exact) mass is 156 g/mol. The molecular formula is C9H20N2. The number of rotatable bonds is 2. The molecule has 0 aliphatic heterocycles. The Morgan fingerprint density at radius 1 is 1.36 bits per heavy atom. The molecule has 3 N–H and O–H groups in total. The first-order valence-electron chi connectivity index (χ1n) is 4.43.